The van der Waals surface area contributed by atoms with Crippen LogP contribution in [0.2, 0.25) is 5.02 Å². The van der Waals surface area contributed by atoms with Crippen LogP contribution in [0.4, 0.5) is 15.8 Å². The van der Waals surface area contributed by atoms with Crippen LogP contribution < -0.4 is 10.2 Å². The van der Waals surface area contributed by atoms with E-state index in [2.05, 4.69) is 15.2 Å². The van der Waals surface area contributed by atoms with Crippen LogP contribution in [0.5, 0.6) is 0 Å². The highest BCUT2D eigenvalue weighted by Crippen LogP contribution is 2.35. The molecule has 0 bridgehead atoms. The standard InChI is InChI=1S/C22H22ClFN4O3S2/c23-17-6-1-14(11-18(17)25-22-26-19-12-33(30,31)13-20(19)32-22)21(29)28-9-7-27(8-10-28)16-4-2-15(24)3-5-16/h1-6,11,19-20H,7-10,12-13H2,(H,25,26)/t19-,20+/m1/s1. The number of amides is 1. The van der Waals surface area contributed by atoms with Crippen molar-refractivity contribution in [3.05, 3.63) is 58.9 Å². The summed E-state index contributed by atoms with van der Waals surface area (Å²) in [5.41, 5.74) is 2.03. The first-order chi connectivity index (χ1) is 15.8. The average Bonchev–Trinajstić information content (AvgIpc) is 3.28. The summed E-state index contributed by atoms with van der Waals surface area (Å²) in [5, 5.41) is 4.19. The first-order valence-corrected chi connectivity index (χ1v) is 13.7. The molecule has 2 aromatic rings. The van der Waals surface area contributed by atoms with E-state index in [1.54, 1.807) is 35.2 Å². The molecule has 2 fully saturated rings. The molecule has 5 rings (SSSR count). The Hall–Kier alpha value is -2.30. The van der Waals surface area contributed by atoms with Crippen molar-refractivity contribution in [3.8, 4) is 0 Å². The SMILES string of the molecule is O=C(c1ccc(Cl)c(NC2=N[C@@H]3CS(=O)(=O)C[C@@H]3S2)c1)N1CCN(c2ccc(F)cc2)CC1. The van der Waals surface area contributed by atoms with Gasteiger partial charge in [-0.2, -0.15) is 0 Å². The number of aliphatic imine (C=N–C) groups is 1. The van der Waals surface area contributed by atoms with Crippen LogP contribution in [-0.4, -0.2) is 73.4 Å². The summed E-state index contributed by atoms with van der Waals surface area (Å²) >= 11 is 7.75. The number of hydrogen-bond donors (Lipinski definition) is 1. The summed E-state index contributed by atoms with van der Waals surface area (Å²) in [7, 11) is -3.02. The van der Waals surface area contributed by atoms with Gasteiger partial charge in [-0.3, -0.25) is 9.79 Å². The van der Waals surface area contributed by atoms with Gasteiger partial charge in [-0.15, -0.1) is 0 Å². The number of thioether (sulfide) groups is 1. The number of carbonyl (C=O) groups excluding carboxylic acids is 1. The van der Waals surface area contributed by atoms with E-state index in [0.717, 1.165) is 5.69 Å². The topological polar surface area (TPSA) is 82.1 Å². The second-order valence-corrected chi connectivity index (χ2v) is 12.1. The zero-order chi connectivity index (χ0) is 23.2. The number of rotatable bonds is 3. The highest BCUT2D eigenvalue weighted by atomic mass is 35.5. The van der Waals surface area contributed by atoms with E-state index in [0.29, 0.717) is 47.6 Å². The molecule has 0 aliphatic carbocycles. The average molecular weight is 509 g/mol. The summed E-state index contributed by atoms with van der Waals surface area (Å²) < 4.78 is 36.7. The zero-order valence-corrected chi connectivity index (χ0v) is 20.0. The van der Waals surface area contributed by atoms with E-state index in [1.165, 1.54) is 23.9 Å². The molecule has 0 radical (unpaired) electrons. The van der Waals surface area contributed by atoms with E-state index in [9.17, 15) is 17.6 Å². The predicted octanol–water partition coefficient (Wildman–Crippen LogP) is 3.12. The Kier molecular flexibility index (Phi) is 6.00. The van der Waals surface area contributed by atoms with E-state index in [-0.39, 0.29) is 34.5 Å². The lowest BCUT2D eigenvalue weighted by Gasteiger charge is -2.36. The molecule has 1 N–H and O–H groups in total. The molecule has 3 aliphatic heterocycles. The van der Waals surface area contributed by atoms with Crippen molar-refractivity contribution in [2.75, 3.05) is 47.9 Å². The number of hydrogen-bond acceptors (Lipinski definition) is 7. The van der Waals surface area contributed by atoms with Crippen LogP contribution >= 0.6 is 23.4 Å². The third kappa shape index (κ3) is 4.83. The van der Waals surface area contributed by atoms with Crippen LogP contribution in [0.15, 0.2) is 47.5 Å². The van der Waals surface area contributed by atoms with Crippen molar-refractivity contribution in [2.24, 2.45) is 4.99 Å². The van der Waals surface area contributed by atoms with Crippen molar-refractivity contribution < 1.29 is 17.6 Å². The second kappa shape index (κ2) is 8.81. The molecule has 0 saturated carbocycles. The first-order valence-electron chi connectivity index (χ1n) is 10.6. The molecule has 2 saturated heterocycles. The van der Waals surface area contributed by atoms with Gasteiger partial charge in [0.25, 0.3) is 5.91 Å². The maximum absolute atomic E-state index is 13.2. The normalized spacial score (nSPS) is 23.9. The Morgan fingerprint density at radius 3 is 2.52 bits per heavy atom. The summed E-state index contributed by atoms with van der Waals surface area (Å²) in [5.74, 6) is -0.147. The molecule has 0 aromatic heterocycles. The Morgan fingerprint density at radius 2 is 1.82 bits per heavy atom. The fourth-order valence-corrected chi connectivity index (χ4v) is 8.12. The molecule has 3 aliphatic rings. The van der Waals surface area contributed by atoms with Crippen LogP contribution in [-0.2, 0) is 9.84 Å². The fraction of sp³-hybridized carbons (Fsp3) is 0.364. The van der Waals surface area contributed by atoms with Gasteiger partial charge in [0.2, 0.25) is 0 Å². The molecule has 2 atom stereocenters. The molecule has 7 nitrogen and oxygen atoms in total. The number of benzene rings is 2. The minimum Gasteiger partial charge on any atom is -0.368 e. The Labute approximate surface area is 200 Å². The number of anilines is 2. The van der Waals surface area contributed by atoms with Crippen LogP contribution in [0.3, 0.4) is 0 Å². The van der Waals surface area contributed by atoms with Gasteiger partial charge in [0.05, 0.1) is 28.3 Å². The summed E-state index contributed by atoms with van der Waals surface area (Å²) in [6.07, 6.45) is 0. The minimum atomic E-state index is -3.02. The molecule has 2 aromatic carbocycles. The lowest BCUT2D eigenvalue weighted by atomic mass is 10.1. The Balaban J connectivity index is 1.24. The van der Waals surface area contributed by atoms with Crippen molar-refractivity contribution in [3.63, 3.8) is 0 Å². The number of nitrogens with zero attached hydrogens (tertiary/aromatic N) is 3. The van der Waals surface area contributed by atoms with Crippen LogP contribution in [0.1, 0.15) is 10.4 Å². The molecular formula is C22H22ClFN4O3S2. The molecule has 1 amide bonds. The molecule has 0 spiro atoms. The molecule has 174 valence electrons. The van der Waals surface area contributed by atoms with Crippen molar-refractivity contribution in [1.29, 1.82) is 0 Å². The van der Waals surface area contributed by atoms with Gasteiger partial charge in [-0.1, -0.05) is 23.4 Å². The number of fused-ring (bicyclic) bond motifs is 1. The third-order valence-electron chi connectivity index (χ3n) is 6.03. The van der Waals surface area contributed by atoms with E-state index < -0.39 is 9.84 Å². The predicted molar refractivity (Wildman–Crippen MR) is 131 cm³/mol. The van der Waals surface area contributed by atoms with Crippen molar-refractivity contribution >= 4 is 55.6 Å². The number of halogens is 2. The number of piperazine rings is 1. The third-order valence-corrected chi connectivity index (χ3v) is 9.50. The van der Waals surface area contributed by atoms with Gasteiger partial charge in [0.15, 0.2) is 15.0 Å². The number of sulfone groups is 1. The van der Waals surface area contributed by atoms with Gasteiger partial charge in [-0.25, -0.2) is 12.8 Å². The minimum absolute atomic E-state index is 0.0708. The highest BCUT2D eigenvalue weighted by molar-refractivity contribution is 8.15. The van der Waals surface area contributed by atoms with E-state index in [1.807, 2.05) is 0 Å². The number of amidine groups is 1. The summed E-state index contributed by atoms with van der Waals surface area (Å²) in [4.78, 5) is 21.5. The van der Waals surface area contributed by atoms with E-state index in [4.69, 9.17) is 11.6 Å². The summed E-state index contributed by atoms with van der Waals surface area (Å²) in [6, 6.07) is 11.2. The quantitative estimate of drug-likeness (QED) is 0.686. The largest absolute Gasteiger partial charge is 0.368 e. The van der Waals surface area contributed by atoms with Crippen molar-refractivity contribution in [1.82, 2.24) is 4.90 Å². The lowest BCUT2D eigenvalue weighted by molar-refractivity contribution is 0.0747. The number of nitrogens with one attached hydrogen (secondary N) is 1. The van der Waals surface area contributed by atoms with Crippen LogP contribution in [0, 0.1) is 5.82 Å². The fourth-order valence-electron chi connectivity index (χ4n) is 4.29. The number of carbonyl (C=O) groups is 1. The monoisotopic (exact) mass is 508 g/mol. The first kappa shape index (κ1) is 22.5. The summed E-state index contributed by atoms with van der Waals surface area (Å²) in [6.45, 7) is 2.44. The van der Waals surface area contributed by atoms with Crippen LogP contribution in [0.25, 0.3) is 0 Å². The van der Waals surface area contributed by atoms with Gasteiger partial charge in [-0.05, 0) is 42.5 Å². The lowest BCUT2D eigenvalue weighted by Crippen LogP contribution is -2.48. The van der Waals surface area contributed by atoms with Gasteiger partial charge in [0, 0.05) is 42.7 Å². The van der Waals surface area contributed by atoms with Gasteiger partial charge in [0.1, 0.15) is 5.82 Å². The highest BCUT2D eigenvalue weighted by Gasteiger charge is 2.42. The van der Waals surface area contributed by atoms with Crippen molar-refractivity contribution in [2.45, 2.75) is 11.3 Å². The molecular weight excluding hydrogens is 487 g/mol. The molecule has 33 heavy (non-hydrogen) atoms. The zero-order valence-electron chi connectivity index (χ0n) is 17.6. The molecule has 11 heteroatoms. The molecule has 0 unspecified atom stereocenters. The van der Waals surface area contributed by atoms with E-state index >= 15 is 0 Å². The molecule has 3 heterocycles. The maximum atomic E-state index is 13.2. The maximum Gasteiger partial charge on any atom is 0.254 e. The second-order valence-electron chi connectivity index (χ2n) is 8.31. The smallest absolute Gasteiger partial charge is 0.254 e. The Bertz CT molecular complexity index is 1210. The van der Waals surface area contributed by atoms with Gasteiger partial charge >= 0.3 is 0 Å². The van der Waals surface area contributed by atoms with Gasteiger partial charge < -0.3 is 15.1 Å². The Morgan fingerprint density at radius 1 is 1.09 bits per heavy atom.